The van der Waals surface area contributed by atoms with E-state index < -0.39 is 6.10 Å². The minimum Gasteiger partial charge on any atom is -0.462 e. The Morgan fingerprint density at radius 2 is 0.476 bits per heavy atom. The van der Waals surface area contributed by atoms with Gasteiger partial charge in [-0.3, -0.25) is 14.4 Å². The van der Waals surface area contributed by atoms with Crippen LogP contribution in [-0.2, 0) is 28.6 Å². The lowest BCUT2D eigenvalue weighted by atomic mass is 10.0. The van der Waals surface area contributed by atoms with Crippen molar-refractivity contribution in [2.75, 3.05) is 13.2 Å². The molecule has 0 aromatic rings. The minimum absolute atomic E-state index is 0.0733. The Balaban J connectivity index is 4.18. The summed E-state index contributed by atoms with van der Waals surface area (Å²) in [7, 11) is 0. The van der Waals surface area contributed by atoms with Crippen LogP contribution in [-0.4, -0.2) is 37.2 Å². The Morgan fingerprint density at radius 3 is 0.756 bits per heavy atom. The van der Waals surface area contributed by atoms with E-state index in [-0.39, 0.29) is 31.1 Å². The summed E-state index contributed by atoms with van der Waals surface area (Å²) in [5.74, 6) is -0.862. The third kappa shape index (κ3) is 68.2. The smallest absolute Gasteiger partial charge is 0.306 e. The predicted octanol–water partition coefficient (Wildman–Crippen LogP) is 25.3. The van der Waals surface area contributed by atoms with Crippen LogP contribution < -0.4 is 0 Å². The zero-order valence-corrected chi connectivity index (χ0v) is 55.3. The van der Waals surface area contributed by atoms with Crippen LogP contribution in [0.4, 0.5) is 0 Å². The van der Waals surface area contributed by atoms with E-state index in [0.29, 0.717) is 19.3 Å². The van der Waals surface area contributed by atoms with E-state index in [0.717, 1.165) is 96.3 Å². The molecule has 0 bridgehead atoms. The molecule has 0 heterocycles. The Morgan fingerprint density at radius 1 is 0.256 bits per heavy atom. The third-order valence-corrected chi connectivity index (χ3v) is 16.6. The topological polar surface area (TPSA) is 78.9 Å². The van der Waals surface area contributed by atoms with Crippen molar-refractivity contribution in [3.05, 3.63) is 48.6 Å². The van der Waals surface area contributed by atoms with Gasteiger partial charge in [-0.1, -0.05) is 352 Å². The summed E-state index contributed by atoms with van der Waals surface area (Å²) in [5.41, 5.74) is 0. The molecule has 0 rings (SSSR count). The van der Waals surface area contributed by atoms with Gasteiger partial charge >= 0.3 is 17.9 Å². The van der Waals surface area contributed by atoms with Gasteiger partial charge in [-0.25, -0.2) is 0 Å². The Kier molecular flexibility index (Phi) is 68.6. The molecule has 0 N–H and O–H groups in total. The molecule has 0 saturated heterocycles. The van der Waals surface area contributed by atoms with Gasteiger partial charge in [-0.15, -0.1) is 0 Å². The average molecular weight is 1150 g/mol. The fourth-order valence-electron chi connectivity index (χ4n) is 11.1. The Hall–Kier alpha value is -2.63. The summed E-state index contributed by atoms with van der Waals surface area (Å²) in [6.07, 6.45) is 90.2. The normalized spacial score (nSPS) is 12.3. The monoisotopic (exact) mass is 1150 g/mol. The number of hydrogen-bond donors (Lipinski definition) is 0. The number of carbonyl (C=O) groups excluding carboxylic acids is 3. The van der Waals surface area contributed by atoms with Crippen molar-refractivity contribution in [2.24, 2.45) is 0 Å². The Labute approximate surface area is 511 Å². The second kappa shape index (κ2) is 70.9. The van der Waals surface area contributed by atoms with Crippen molar-refractivity contribution in [1.29, 1.82) is 0 Å². The molecule has 0 saturated carbocycles. The highest BCUT2D eigenvalue weighted by molar-refractivity contribution is 5.71. The molecule has 0 amide bonds. The molecule has 0 aliphatic carbocycles. The second-order valence-electron chi connectivity index (χ2n) is 24.8. The predicted molar refractivity (Wildman–Crippen MR) is 358 cm³/mol. The highest BCUT2D eigenvalue weighted by Crippen LogP contribution is 2.19. The molecule has 0 aromatic carbocycles. The molecule has 6 heteroatoms. The van der Waals surface area contributed by atoms with E-state index in [2.05, 4.69) is 69.4 Å². The highest BCUT2D eigenvalue weighted by atomic mass is 16.6. The molecule has 0 aliphatic heterocycles. The highest BCUT2D eigenvalue weighted by Gasteiger charge is 2.19. The maximum atomic E-state index is 12.9. The molecule has 82 heavy (non-hydrogen) atoms. The van der Waals surface area contributed by atoms with Gasteiger partial charge in [0.2, 0.25) is 0 Å². The van der Waals surface area contributed by atoms with Crippen molar-refractivity contribution >= 4 is 17.9 Å². The van der Waals surface area contributed by atoms with E-state index in [1.165, 1.54) is 263 Å². The zero-order chi connectivity index (χ0) is 59.2. The summed E-state index contributed by atoms with van der Waals surface area (Å²) in [5, 5.41) is 0. The molecule has 0 aliphatic rings. The molecule has 6 nitrogen and oxygen atoms in total. The first kappa shape index (κ1) is 79.4. The van der Waals surface area contributed by atoms with Crippen molar-refractivity contribution < 1.29 is 28.6 Å². The lowest BCUT2D eigenvalue weighted by molar-refractivity contribution is -0.167. The summed E-state index contributed by atoms with van der Waals surface area (Å²) in [4.78, 5) is 38.4. The van der Waals surface area contributed by atoms with Gasteiger partial charge in [-0.2, -0.15) is 0 Å². The number of unbranched alkanes of at least 4 members (excludes halogenated alkanes) is 49. The maximum Gasteiger partial charge on any atom is 0.306 e. The summed E-state index contributed by atoms with van der Waals surface area (Å²) < 4.78 is 17.0. The van der Waals surface area contributed by atoms with Gasteiger partial charge in [-0.05, 0) is 77.0 Å². The number of carbonyl (C=O) groups is 3. The second-order valence-corrected chi connectivity index (χ2v) is 24.8. The maximum absolute atomic E-state index is 12.9. The first-order valence-electron chi connectivity index (χ1n) is 36.6. The fourth-order valence-corrected chi connectivity index (χ4v) is 11.1. The first-order chi connectivity index (χ1) is 40.5. The molecular formula is C76H140O6. The molecule has 1 atom stereocenters. The van der Waals surface area contributed by atoms with Crippen LogP contribution in [0.3, 0.4) is 0 Å². The van der Waals surface area contributed by atoms with Gasteiger partial charge in [0.15, 0.2) is 6.10 Å². The van der Waals surface area contributed by atoms with E-state index in [1.807, 2.05) is 0 Å². The van der Waals surface area contributed by atoms with Crippen molar-refractivity contribution in [2.45, 2.75) is 406 Å². The third-order valence-electron chi connectivity index (χ3n) is 16.6. The van der Waals surface area contributed by atoms with Crippen LogP contribution >= 0.6 is 0 Å². The van der Waals surface area contributed by atoms with Crippen molar-refractivity contribution in [3.63, 3.8) is 0 Å². The largest absolute Gasteiger partial charge is 0.462 e. The lowest BCUT2D eigenvalue weighted by Crippen LogP contribution is -2.30. The fraction of sp³-hybridized carbons (Fsp3) is 0.855. The van der Waals surface area contributed by atoms with E-state index in [4.69, 9.17) is 14.2 Å². The average Bonchev–Trinajstić information content (AvgIpc) is 3.47. The van der Waals surface area contributed by atoms with E-state index >= 15 is 0 Å². The summed E-state index contributed by atoms with van der Waals surface area (Å²) >= 11 is 0. The lowest BCUT2D eigenvalue weighted by Gasteiger charge is -2.18. The molecular weight excluding hydrogens is 1010 g/mol. The number of esters is 3. The van der Waals surface area contributed by atoms with Crippen LogP contribution in [0.15, 0.2) is 48.6 Å². The van der Waals surface area contributed by atoms with Crippen molar-refractivity contribution in [3.8, 4) is 0 Å². The molecule has 1 unspecified atom stereocenters. The summed E-state index contributed by atoms with van der Waals surface area (Å²) in [6, 6.07) is 0. The number of hydrogen-bond acceptors (Lipinski definition) is 6. The van der Waals surface area contributed by atoms with Crippen LogP contribution in [0.25, 0.3) is 0 Å². The molecule has 0 aromatic heterocycles. The number of rotatable bonds is 68. The van der Waals surface area contributed by atoms with Gasteiger partial charge < -0.3 is 14.2 Å². The molecule has 0 spiro atoms. The van der Waals surface area contributed by atoms with E-state index in [1.54, 1.807) is 0 Å². The zero-order valence-electron chi connectivity index (χ0n) is 55.3. The van der Waals surface area contributed by atoms with Crippen LogP contribution in [0.1, 0.15) is 400 Å². The summed E-state index contributed by atoms with van der Waals surface area (Å²) in [6.45, 7) is 6.59. The standard InChI is InChI=1S/C76H140O6/c1-4-7-10-13-16-19-22-25-28-30-32-33-34-35-36-37-38-39-40-41-42-43-44-46-48-51-54-57-60-63-66-69-75(78)81-72-73(71-80-74(77)68-65-62-59-56-53-50-47-27-24-21-18-15-12-9-6-3)82-76(79)70-67-64-61-58-55-52-49-45-31-29-26-23-20-17-14-11-8-5-2/h9,12,18,21,27,30,32,47,73H,4-8,10-11,13-17,19-20,22-26,28-29,31,33-46,48-72H2,1-3H3/b12-9-,21-18-,32-30-,47-27-. The van der Waals surface area contributed by atoms with Crippen LogP contribution in [0.2, 0.25) is 0 Å². The van der Waals surface area contributed by atoms with Gasteiger partial charge in [0.25, 0.3) is 0 Å². The van der Waals surface area contributed by atoms with Gasteiger partial charge in [0, 0.05) is 19.3 Å². The molecule has 0 fully saturated rings. The van der Waals surface area contributed by atoms with Crippen molar-refractivity contribution in [1.82, 2.24) is 0 Å². The van der Waals surface area contributed by atoms with E-state index in [9.17, 15) is 14.4 Å². The first-order valence-corrected chi connectivity index (χ1v) is 36.6. The van der Waals surface area contributed by atoms with Gasteiger partial charge in [0.1, 0.15) is 13.2 Å². The van der Waals surface area contributed by atoms with Crippen LogP contribution in [0, 0.1) is 0 Å². The number of allylic oxidation sites excluding steroid dienone is 8. The molecule has 0 radical (unpaired) electrons. The number of ether oxygens (including phenoxy) is 3. The SMILES string of the molecule is CC/C=C\C/C=C\C/C=C\CCCCCCCC(=O)OCC(COC(=O)CCCCCCCCCCCCCCCCCCCCC/C=C\CCCCCCCCCC)OC(=O)CCCCCCCCCCCCCCCCCCCC. The quantitative estimate of drug-likeness (QED) is 0.0261. The van der Waals surface area contributed by atoms with Gasteiger partial charge in [0.05, 0.1) is 0 Å². The van der Waals surface area contributed by atoms with Crippen LogP contribution in [0.5, 0.6) is 0 Å². The minimum atomic E-state index is -0.779. The molecule has 480 valence electrons. The Bertz CT molecular complexity index is 1410.